The molecule has 0 aliphatic carbocycles. The van der Waals surface area contributed by atoms with Gasteiger partial charge in [-0.05, 0) is 24.3 Å². The number of fused-ring (bicyclic) bond motifs is 3. The number of hydrogen-bond acceptors (Lipinski definition) is 5. The molecule has 6 rings (SSSR count). The summed E-state index contributed by atoms with van der Waals surface area (Å²) in [5.74, 6) is 0.923. The Hall–Kier alpha value is -3.02. The Balaban J connectivity index is 1.36. The molecule has 0 radical (unpaired) electrons. The van der Waals surface area contributed by atoms with Gasteiger partial charge in [-0.1, -0.05) is 60.1 Å². The first-order chi connectivity index (χ1) is 15.8. The van der Waals surface area contributed by atoms with Crippen LogP contribution in [0.3, 0.4) is 0 Å². The molecule has 1 fully saturated rings. The molecule has 32 heavy (non-hydrogen) atoms. The molecule has 3 aliphatic rings. The van der Waals surface area contributed by atoms with Gasteiger partial charge < -0.3 is 14.4 Å². The molecule has 0 spiro atoms. The number of morpholine rings is 1. The number of anilines is 1. The van der Waals surface area contributed by atoms with Gasteiger partial charge in [0.15, 0.2) is 0 Å². The number of halogens is 1. The predicted molar refractivity (Wildman–Crippen MR) is 126 cm³/mol. The van der Waals surface area contributed by atoms with Crippen molar-refractivity contribution in [2.45, 2.75) is 18.7 Å². The second-order valence-corrected chi connectivity index (χ2v) is 8.73. The zero-order chi connectivity index (χ0) is 21.5. The Morgan fingerprint density at radius 1 is 0.875 bits per heavy atom. The smallest absolute Gasteiger partial charge is 0.213 e. The van der Waals surface area contributed by atoms with Crippen LogP contribution >= 0.6 is 11.6 Å². The van der Waals surface area contributed by atoms with E-state index in [9.17, 15) is 0 Å². The zero-order valence-electron chi connectivity index (χ0n) is 17.7. The fourth-order valence-electron chi connectivity index (χ4n) is 4.78. The normalized spacial score (nSPS) is 22.1. The minimum absolute atomic E-state index is 0.121. The van der Waals surface area contributed by atoms with Gasteiger partial charge in [0.05, 0.1) is 25.0 Å². The summed E-state index contributed by atoms with van der Waals surface area (Å²) in [6, 6.07) is 25.0. The molecule has 162 valence electrons. The van der Waals surface area contributed by atoms with Crippen LogP contribution < -0.4 is 9.64 Å². The standard InChI is InChI=1S/C26H24ClN3O2/c27-22-7-3-1-5-20(22)23-17-24-21-6-2-4-8-25(21)32-26(30(24)28-23)18-9-11-19(12-10-18)29-13-15-31-16-14-29/h1-12,24,26H,13-17H2. The SMILES string of the molecule is Clc1ccccc1C1=NN2C(C1)c1ccccc1OC2c1ccc(N2CCOCC2)cc1. The number of benzene rings is 3. The van der Waals surface area contributed by atoms with Gasteiger partial charge in [-0.3, -0.25) is 0 Å². The molecule has 1 saturated heterocycles. The molecule has 0 bridgehead atoms. The summed E-state index contributed by atoms with van der Waals surface area (Å²) in [7, 11) is 0. The van der Waals surface area contributed by atoms with Crippen LogP contribution in [0.5, 0.6) is 5.75 Å². The molecule has 0 N–H and O–H groups in total. The van der Waals surface area contributed by atoms with Crippen molar-refractivity contribution in [1.29, 1.82) is 0 Å². The monoisotopic (exact) mass is 445 g/mol. The van der Waals surface area contributed by atoms with E-state index in [4.69, 9.17) is 26.2 Å². The second-order valence-electron chi connectivity index (χ2n) is 8.33. The van der Waals surface area contributed by atoms with Crippen LogP contribution in [0.25, 0.3) is 0 Å². The van der Waals surface area contributed by atoms with Gasteiger partial charge in [0.2, 0.25) is 6.23 Å². The van der Waals surface area contributed by atoms with Crippen molar-refractivity contribution in [2.75, 3.05) is 31.2 Å². The van der Waals surface area contributed by atoms with E-state index in [1.54, 1.807) is 0 Å². The van der Waals surface area contributed by atoms with E-state index < -0.39 is 0 Å². The minimum atomic E-state index is -0.284. The molecule has 0 amide bonds. The minimum Gasteiger partial charge on any atom is -0.464 e. The van der Waals surface area contributed by atoms with E-state index in [1.807, 2.05) is 30.3 Å². The van der Waals surface area contributed by atoms with Gasteiger partial charge in [-0.2, -0.15) is 5.10 Å². The number of ether oxygens (including phenoxy) is 2. The highest BCUT2D eigenvalue weighted by atomic mass is 35.5. The summed E-state index contributed by atoms with van der Waals surface area (Å²) < 4.78 is 12.0. The van der Waals surface area contributed by atoms with E-state index in [-0.39, 0.29) is 12.3 Å². The number of hydrazone groups is 1. The van der Waals surface area contributed by atoms with Crippen LogP contribution in [0.2, 0.25) is 5.02 Å². The topological polar surface area (TPSA) is 37.3 Å². The summed E-state index contributed by atoms with van der Waals surface area (Å²) in [6.07, 6.45) is 0.514. The second kappa shape index (κ2) is 8.15. The van der Waals surface area contributed by atoms with Crippen LogP contribution in [0.15, 0.2) is 77.9 Å². The molecule has 2 atom stereocenters. The molecule has 3 aliphatic heterocycles. The third-order valence-electron chi connectivity index (χ3n) is 6.44. The quantitative estimate of drug-likeness (QED) is 0.539. The van der Waals surface area contributed by atoms with Gasteiger partial charge >= 0.3 is 0 Å². The summed E-state index contributed by atoms with van der Waals surface area (Å²) in [4.78, 5) is 2.36. The number of nitrogens with zero attached hydrogens (tertiary/aromatic N) is 3. The Bertz CT molecular complexity index is 1160. The molecule has 3 heterocycles. The van der Waals surface area contributed by atoms with E-state index in [1.165, 1.54) is 11.3 Å². The van der Waals surface area contributed by atoms with Crippen molar-refractivity contribution >= 4 is 23.0 Å². The maximum atomic E-state index is 6.50. The third-order valence-corrected chi connectivity index (χ3v) is 6.77. The summed E-state index contributed by atoms with van der Waals surface area (Å²) in [5, 5.41) is 7.85. The van der Waals surface area contributed by atoms with Crippen molar-refractivity contribution in [1.82, 2.24) is 5.01 Å². The Labute approximate surface area is 192 Å². The van der Waals surface area contributed by atoms with E-state index >= 15 is 0 Å². The molecular weight excluding hydrogens is 422 g/mol. The number of hydrogen-bond donors (Lipinski definition) is 0. The fourth-order valence-corrected chi connectivity index (χ4v) is 5.03. The lowest BCUT2D eigenvalue weighted by Crippen LogP contribution is -2.36. The van der Waals surface area contributed by atoms with Crippen molar-refractivity contribution in [2.24, 2.45) is 5.10 Å². The van der Waals surface area contributed by atoms with Crippen molar-refractivity contribution in [3.05, 3.63) is 94.5 Å². The van der Waals surface area contributed by atoms with E-state index in [0.717, 1.165) is 60.3 Å². The first kappa shape index (κ1) is 19.6. The highest BCUT2D eigenvalue weighted by molar-refractivity contribution is 6.34. The van der Waals surface area contributed by atoms with Crippen LogP contribution in [0, 0.1) is 0 Å². The van der Waals surface area contributed by atoms with E-state index in [0.29, 0.717) is 0 Å². The average molecular weight is 446 g/mol. The molecule has 5 nitrogen and oxygen atoms in total. The Kier molecular flexibility index (Phi) is 5.01. The highest BCUT2D eigenvalue weighted by Gasteiger charge is 2.41. The molecule has 6 heteroatoms. The van der Waals surface area contributed by atoms with E-state index in [2.05, 4.69) is 52.4 Å². The van der Waals surface area contributed by atoms with Crippen LogP contribution in [0.1, 0.15) is 35.4 Å². The van der Waals surface area contributed by atoms with Gasteiger partial charge in [-0.15, -0.1) is 0 Å². The summed E-state index contributed by atoms with van der Waals surface area (Å²) in [6.45, 7) is 3.40. The lowest BCUT2D eigenvalue weighted by atomic mass is 9.96. The van der Waals surface area contributed by atoms with Crippen LogP contribution in [-0.4, -0.2) is 37.0 Å². The average Bonchev–Trinajstić information content (AvgIpc) is 3.30. The molecule has 3 aromatic carbocycles. The molecule has 0 saturated carbocycles. The maximum Gasteiger partial charge on any atom is 0.213 e. The lowest BCUT2D eigenvalue weighted by molar-refractivity contribution is -0.0190. The van der Waals surface area contributed by atoms with Crippen LogP contribution in [0.4, 0.5) is 5.69 Å². The molecule has 2 unspecified atom stereocenters. The van der Waals surface area contributed by atoms with Crippen molar-refractivity contribution in [3.63, 3.8) is 0 Å². The maximum absolute atomic E-state index is 6.50. The lowest BCUT2D eigenvalue weighted by Gasteiger charge is -2.38. The third kappa shape index (κ3) is 3.42. The fraction of sp³-hybridized carbons (Fsp3) is 0.269. The zero-order valence-corrected chi connectivity index (χ0v) is 18.4. The predicted octanol–water partition coefficient (Wildman–Crippen LogP) is 5.42. The van der Waals surface area contributed by atoms with Gasteiger partial charge in [0.25, 0.3) is 0 Å². The van der Waals surface area contributed by atoms with Crippen molar-refractivity contribution < 1.29 is 9.47 Å². The van der Waals surface area contributed by atoms with Gasteiger partial charge in [0.1, 0.15) is 5.75 Å². The first-order valence-electron chi connectivity index (χ1n) is 11.1. The van der Waals surface area contributed by atoms with Crippen molar-refractivity contribution in [3.8, 4) is 5.75 Å². The Morgan fingerprint density at radius 2 is 1.62 bits per heavy atom. The summed E-state index contributed by atoms with van der Waals surface area (Å²) >= 11 is 6.50. The van der Waals surface area contributed by atoms with Gasteiger partial charge in [0, 0.05) is 46.9 Å². The van der Waals surface area contributed by atoms with Gasteiger partial charge in [-0.25, -0.2) is 5.01 Å². The molecule has 3 aromatic rings. The number of rotatable bonds is 3. The highest BCUT2D eigenvalue weighted by Crippen LogP contribution is 2.47. The first-order valence-corrected chi connectivity index (χ1v) is 11.4. The summed E-state index contributed by atoms with van der Waals surface area (Å²) in [5.41, 5.74) is 5.45. The molecule has 0 aromatic heterocycles. The number of para-hydroxylation sites is 1. The van der Waals surface area contributed by atoms with Crippen LogP contribution in [-0.2, 0) is 4.74 Å². The Morgan fingerprint density at radius 3 is 2.44 bits per heavy atom. The largest absolute Gasteiger partial charge is 0.464 e. The molecular formula is C26H24ClN3O2.